The number of carbonyl (C=O) groups is 1. The molecular formula is C36H45N5O2S. The van der Waals surface area contributed by atoms with Crippen molar-refractivity contribution in [1.82, 2.24) is 24.7 Å². The zero-order chi connectivity index (χ0) is 30.6. The monoisotopic (exact) mass is 611 g/mol. The van der Waals surface area contributed by atoms with Crippen LogP contribution in [0.4, 0.5) is 0 Å². The van der Waals surface area contributed by atoms with Gasteiger partial charge in [-0.1, -0.05) is 23.3 Å². The van der Waals surface area contributed by atoms with Crippen LogP contribution in [0.1, 0.15) is 53.8 Å². The average molecular weight is 612 g/mol. The lowest BCUT2D eigenvalue weighted by atomic mass is 9.79. The fourth-order valence-electron chi connectivity index (χ4n) is 7.86. The van der Waals surface area contributed by atoms with Crippen LogP contribution < -0.4 is 0 Å². The van der Waals surface area contributed by atoms with Crippen LogP contribution in [0.2, 0.25) is 0 Å². The van der Waals surface area contributed by atoms with Crippen LogP contribution >= 0.6 is 11.3 Å². The maximum absolute atomic E-state index is 14.0. The first kappa shape index (κ1) is 29.7. The van der Waals surface area contributed by atoms with E-state index in [-0.39, 0.29) is 11.9 Å². The van der Waals surface area contributed by atoms with Gasteiger partial charge < -0.3 is 15.0 Å². The second-order valence-corrected chi connectivity index (χ2v) is 15.0. The molecule has 3 aliphatic rings. The van der Waals surface area contributed by atoms with Crippen LogP contribution in [0, 0.1) is 19.8 Å². The van der Waals surface area contributed by atoms with E-state index in [1.54, 1.807) is 23.6 Å². The molecule has 0 saturated carbocycles. The number of benzene rings is 1. The van der Waals surface area contributed by atoms with Gasteiger partial charge in [0.1, 0.15) is 4.83 Å². The number of hydrogen-bond donors (Lipinski definition) is 2. The van der Waals surface area contributed by atoms with Crippen molar-refractivity contribution in [2.75, 3.05) is 45.8 Å². The van der Waals surface area contributed by atoms with Crippen LogP contribution in [0.5, 0.6) is 5.88 Å². The number of H-pyrrole nitrogens is 1. The van der Waals surface area contributed by atoms with E-state index in [9.17, 15) is 9.90 Å². The summed E-state index contributed by atoms with van der Waals surface area (Å²) >= 11 is 1.78. The number of carbonyl (C=O) groups excluding carboxylic acids is 1. The number of aromatic nitrogens is 2. The number of Topliss-reactive ketones (excluding diaryl/α,β-unsaturated/α-hetero) is 1. The summed E-state index contributed by atoms with van der Waals surface area (Å²) in [7, 11) is 0. The summed E-state index contributed by atoms with van der Waals surface area (Å²) in [6, 6.07) is 12.9. The molecule has 0 radical (unpaired) electrons. The number of nitrogens with one attached hydrogen (secondary N) is 1. The van der Waals surface area contributed by atoms with Crippen molar-refractivity contribution in [3.63, 3.8) is 0 Å². The zero-order valence-corrected chi connectivity index (χ0v) is 27.3. The summed E-state index contributed by atoms with van der Waals surface area (Å²) in [5, 5.41) is 10.8. The maximum Gasteiger partial charge on any atom is 0.210 e. The Labute approximate surface area is 264 Å². The Bertz CT molecular complexity index is 1620. The molecule has 0 aliphatic carbocycles. The third-order valence-corrected chi connectivity index (χ3v) is 11.8. The molecule has 2 bridgehead atoms. The predicted molar refractivity (Wildman–Crippen MR) is 179 cm³/mol. The second kappa shape index (κ2) is 11.7. The molecule has 3 aliphatic heterocycles. The first-order valence-electron chi connectivity index (χ1n) is 16.3. The van der Waals surface area contributed by atoms with Crippen molar-refractivity contribution < 1.29 is 9.90 Å². The zero-order valence-electron chi connectivity index (χ0n) is 26.5. The normalized spacial score (nSPS) is 22.8. The molecule has 44 heavy (non-hydrogen) atoms. The van der Waals surface area contributed by atoms with Crippen molar-refractivity contribution in [2.45, 2.75) is 65.0 Å². The molecule has 3 aromatic heterocycles. The van der Waals surface area contributed by atoms with E-state index in [1.807, 2.05) is 6.07 Å². The Kier molecular flexibility index (Phi) is 7.90. The van der Waals surface area contributed by atoms with E-state index >= 15 is 0 Å². The molecule has 2 N–H and O–H groups in total. The van der Waals surface area contributed by atoms with Crippen molar-refractivity contribution >= 4 is 27.3 Å². The molecule has 3 fully saturated rings. The van der Waals surface area contributed by atoms with Crippen molar-refractivity contribution in [3.05, 3.63) is 69.7 Å². The molecule has 232 valence electrons. The minimum atomic E-state index is -0.499. The molecule has 7 rings (SSSR count). The van der Waals surface area contributed by atoms with Crippen LogP contribution in [-0.2, 0) is 23.2 Å². The van der Waals surface area contributed by atoms with E-state index in [2.05, 4.69) is 76.6 Å². The third kappa shape index (κ3) is 5.62. The number of piperazine rings is 1. The van der Waals surface area contributed by atoms with Crippen molar-refractivity contribution in [2.24, 2.45) is 5.92 Å². The lowest BCUT2D eigenvalue weighted by molar-refractivity contribution is -0.127. The first-order chi connectivity index (χ1) is 21.2. The highest BCUT2D eigenvalue weighted by Crippen LogP contribution is 2.44. The number of piperidine rings is 1. The van der Waals surface area contributed by atoms with Crippen LogP contribution in [0.15, 0.2) is 42.6 Å². The van der Waals surface area contributed by atoms with Crippen LogP contribution in [-0.4, -0.2) is 87.4 Å². The highest BCUT2D eigenvalue weighted by molar-refractivity contribution is 7.19. The number of thiophene rings is 1. The van der Waals surface area contributed by atoms with E-state index in [0.717, 1.165) is 64.3 Å². The van der Waals surface area contributed by atoms with Gasteiger partial charge in [-0.2, -0.15) is 0 Å². The van der Waals surface area contributed by atoms with Gasteiger partial charge in [0, 0.05) is 61.8 Å². The topological polar surface area (TPSA) is 75.7 Å². The summed E-state index contributed by atoms with van der Waals surface area (Å²) in [5.41, 5.74) is 7.04. The highest BCUT2D eigenvalue weighted by atomic mass is 32.1. The third-order valence-electron chi connectivity index (χ3n) is 10.4. The van der Waals surface area contributed by atoms with Gasteiger partial charge in [0.15, 0.2) is 5.78 Å². The van der Waals surface area contributed by atoms with E-state index in [0.29, 0.717) is 11.7 Å². The minimum Gasteiger partial charge on any atom is -0.493 e. The van der Waals surface area contributed by atoms with Gasteiger partial charge in [-0.25, -0.2) is 4.98 Å². The van der Waals surface area contributed by atoms with Crippen LogP contribution in [0.25, 0.3) is 21.5 Å². The Morgan fingerprint density at radius 3 is 2.34 bits per heavy atom. The van der Waals surface area contributed by atoms with E-state index in [4.69, 9.17) is 0 Å². The van der Waals surface area contributed by atoms with Crippen LogP contribution in [0.3, 0.4) is 0 Å². The van der Waals surface area contributed by atoms with Gasteiger partial charge in [0.25, 0.3) is 0 Å². The largest absolute Gasteiger partial charge is 0.493 e. The molecule has 0 spiro atoms. The molecular weight excluding hydrogens is 566 g/mol. The number of fused-ring (bicyclic) bond motifs is 3. The molecule has 7 nitrogen and oxygen atoms in total. The maximum atomic E-state index is 14.0. The van der Waals surface area contributed by atoms with Crippen molar-refractivity contribution in [3.8, 4) is 17.1 Å². The van der Waals surface area contributed by atoms with Gasteiger partial charge in [0.2, 0.25) is 5.88 Å². The number of ketones is 1. The Balaban J connectivity index is 1.12. The molecule has 4 aromatic rings. The number of rotatable bonds is 9. The molecule has 8 heteroatoms. The fraction of sp³-hybridized carbons (Fsp3) is 0.500. The first-order valence-corrected chi connectivity index (χ1v) is 17.1. The van der Waals surface area contributed by atoms with E-state index in [1.165, 1.54) is 55.9 Å². The quantitative estimate of drug-likeness (QED) is 0.245. The van der Waals surface area contributed by atoms with Gasteiger partial charge in [-0.15, -0.1) is 11.3 Å². The average Bonchev–Trinajstić information content (AvgIpc) is 3.78. The number of aromatic amines is 1. The smallest absolute Gasteiger partial charge is 0.210 e. The number of nitrogens with zero attached hydrogens (tertiary/aromatic N) is 4. The molecule has 1 aromatic carbocycles. The van der Waals surface area contributed by atoms with Crippen molar-refractivity contribution in [1.29, 1.82) is 0 Å². The molecule has 0 amide bonds. The Morgan fingerprint density at radius 2 is 1.70 bits per heavy atom. The van der Waals surface area contributed by atoms with Gasteiger partial charge in [-0.05, 0) is 101 Å². The molecule has 1 atom stereocenters. The van der Waals surface area contributed by atoms with Gasteiger partial charge >= 0.3 is 0 Å². The predicted octanol–water partition coefficient (Wildman–Crippen LogP) is 5.92. The van der Waals surface area contributed by atoms with Gasteiger partial charge in [-0.3, -0.25) is 14.6 Å². The Morgan fingerprint density at radius 1 is 1.00 bits per heavy atom. The second-order valence-electron chi connectivity index (χ2n) is 13.9. The number of hydrogen-bond acceptors (Lipinski definition) is 7. The lowest BCUT2D eigenvalue weighted by Crippen LogP contribution is -2.46. The standard InChI is InChI=1S/C36H45N5O2S/c1-23-17-24(2)19-27(18-23)32-28(9-10-39-13-15-40(16-14-39)22-25-5-6-31(42)37-21-25)29-20-30(44-35(29)38-32)36(3,4)34(43)33-26-7-11-41(33)12-8-26/h5-6,17-21,26,33,38H,7-16,22H2,1-4H3,(H,37,42). The van der Waals surface area contributed by atoms with E-state index < -0.39 is 5.41 Å². The lowest BCUT2D eigenvalue weighted by Gasteiger charge is -2.34. The highest BCUT2D eigenvalue weighted by Gasteiger charge is 2.49. The summed E-state index contributed by atoms with van der Waals surface area (Å²) in [6.07, 6.45) is 5.08. The number of aromatic hydroxyl groups is 1. The summed E-state index contributed by atoms with van der Waals surface area (Å²) in [5.74, 6) is 1.01. The van der Waals surface area contributed by atoms with Gasteiger partial charge in [0.05, 0.1) is 17.2 Å². The summed E-state index contributed by atoms with van der Waals surface area (Å²) in [6.45, 7) is 16.8. The molecule has 6 heterocycles. The molecule has 3 saturated heterocycles. The SMILES string of the molecule is Cc1cc(C)cc(-c2[nH]c3sc(C(C)(C)C(=O)C4C5CCN4CC5)cc3c2CCN2CCN(Cc3ccc(O)nc3)CC2)c1. The number of aryl methyl sites for hydroxylation is 2. The molecule has 1 unspecified atom stereocenters. The summed E-state index contributed by atoms with van der Waals surface area (Å²) < 4.78 is 0. The minimum absolute atomic E-state index is 0.0734. The Hall–Kier alpha value is -3.04. The summed E-state index contributed by atoms with van der Waals surface area (Å²) in [4.78, 5) is 31.7. The number of pyridine rings is 1. The fourth-order valence-corrected chi connectivity index (χ4v) is 9.05.